The molecule has 0 aliphatic rings. The van der Waals surface area contributed by atoms with Gasteiger partial charge in [0.05, 0.1) is 19.9 Å². The minimum absolute atomic E-state index is 0. The molecular formula is C18H28IN5O2. The number of nitrogens with one attached hydrogen (secondary N) is 2. The van der Waals surface area contributed by atoms with Crippen LogP contribution in [0.4, 0.5) is 0 Å². The number of guanidine groups is 1. The van der Waals surface area contributed by atoms with Crippen LogP contribution in [0.25, 0.3) is 0 Å². The predicted molar refractivity (Wildman–Crippen MR) is 115 cm³/mol. The molecule has 0 saturated heterocycles. The first kappa shape index (κ1) is 22.1. The highest BCUT2D eigenvalue weighted by molar-refractivity contribution is 14.0. The monoisotopic (exact) mass is 473 g/mol. The molecule has 0 saturated carbocycles. The third-order valence-electron chi connectivity index (χ3n) is 3.57. The molecule has 2 N–H and O–H groups in total. The van der Waals surface area contributed by atoms with Crippen molar-refractivity contribution >= 4 is 29.9 Å². The molecule has 0 unspecified atom stereocenters. The molecule has 2 aromatic rings. The maximum absolute atomic E-state index is 5.67. The lowest BCUT2D eigenvalue weighted by Gasteiger charge is -2.12. The van der Waals surface area contributed by atoms with E-state index in [-0.39, 0.29) is 24.0 Å². The van der Waals surface area contributed by atoms with Crippen LogP contribution in [-0.4, -0.2) is 49.6 Å². The quantitative estimate of drug-likeness (QED) is 0.254. The van der Waals surface area contributed by atoms with Crippen LogP contribution in [0.1, 0.15) is 12.0 Å². The van der Waals surface area contributed by atoms with Gasteiger partial charge in [-0.2, -0.15) is 5.10 Å². The molecule has 0 aliphatic carbocycles. The molecule has 144 valence electrons. The van der Waals surface area contributed by atoms with E-state index < -0.39 is 0 Å². The molecule has 7 nitrogen and oxygen atoms in total. The summed E-state index contributed by atoms with van der Waals surface area (Å²) in [4.78, 5) is 4.20. The van der Waals surface area contributed by atoms with E-state index in [4.69, 9.17) is 9.47 Å². The number of hydrogen-bond acceptors (Lipinski definition) is 4. The van der Waals surface area contributed by atoms with E-state index in [1.165, 1.54) is 5.56 Å². The molecule has 8 heteroatoms. The zero-order valence-electron chi connectivity index (χ0n) is 15.6. The van der Waals surface area contributed by atoms with Gasteiger partial charge in [0, 0.05) is 26.3 Å². The molecular weight excluding hydrogens is 445 g/mol. The van der Waals surface area contributed by atoms with Crippen LogP contribution in [0.3, 0.4) is 0 Å². The molecule has 0 atom stereocenters. The maximum atomic E-state index is 5.67. The molecule has 26 heavy (non-hydrogen) atoms. The summed E-state index contributed by atoms with van der Waals surface area (Å²) in [7, 11) is 3.41. The Balaban J connectivity index is 0.00000338. The first-order valence-corrected chi connectivity index (χ1v) is 8.41. The Morgan fingerprint density at radius 1 is 1.15 bits per heavy atom. The zero-order chi connectivity index (χ0) is 17.9. The van der Waals surface area contributed by atoms with Crippen LogP contribution in [0.2, 0.25) is 0 Å². The number of halogens is 1. The number of rotatable bonds is 9. The van der Waals surface area contributed by atoms with E-state index in [0.717, 1.165) is 37.0 Å². The normalized spacial score (nSPS) is 10.8. The summed E-state index contributed by atoms with van der Waals surface area (Å²) in [6.45, 7) is 4.99. The number of aromatic nitrogens is 2. The average Bonchev–Trinajstić information content (AvgIpc) is 3.06. The molecule has 0 bridgehead atoms. The van der Waals surface area contributed by atoms with Crippen LogP contribution >= 0.6 is 24.0 Å². The molecule has 0 radical (unpaired) electrons. The van der Waals surface area contributed by atoms with E-state index in [1.54, 1.807) is 14.2 Å². The van der Waals surface area contributed by atoms with Gasteiger partial charge in [0.15, 0.2) is 5.96 Å². The number of nitrogens with zero attached hydrogens (tertiary/aromatic N) is 3. The topological polar surface area (TPSA) is 72.7 Å². The third kappa shape index (κ3) is 7.94. The summed E-state index contributed by atoms with van der Waals surface area (Å²) >= 11 is 0. The van der Waals surface area contributed by atoms with E-state index in [1.807, 2.05) is 48.3 Å². The largest absolute Gasteiger partial charge is 0.497 e. The van der Waals surface area contributed by atoms with Gasteiger partial charge >= 0.3 is 0 Å². The number of methoxy groups -OCH3 is 1. The summed E-state index contributed by atoms with van der Waals surface area (Å²) in [5, 5.41) is 10.8. The lowest BCUT2D eigenvalue weighted by atomic mass is 10.3. The first-order chi connectivity index (χ1) is 12.2. The fourth-order valence-corrected chi connectivity index (χ4v) is 2.27. The van der Waals surface area contributed by atoms with Gasteiger partial charge in [-0.05, 0) is 43.2 Å². The summed E-state index contributed by atoms with van der Waals surface area (Å²) in [6.07, 6.45) is 4.89. The van der Waals surface area contributed by atoms with E-state index in [9.17, 15) is 0 Å². The fraction of sp³-hybridized carbons (Fsp3) is 0.444. The van der Waals surface area contributed by atoms with Crippen molar-refractivity contribution in [1.29, 1.82) is 0 Å². The second-order valence-electron chi connectivity index (χ2n) is 5.58. The van der Waals surface area contributed by atoms with Crippen LogP contribution in [0.5, 0.6) is 11.5 Å². The Bertz CT molecular complexity index is 658. The predicted octanol–water partition coefficient (Wildman–Crippen LogP) is 2.45. The summed E-state index contributed by atoms with van der Waals surface area (Å²) in [5.41, 5.74) is 1.18. The molecule has 0 spiro atoms. The van der Waals surface area contributed by atoms with E-state index in [2.05, 4.69) is 20.7 Å². The van der Waals surface area contributed by atoms with Gasteiger partial charge < -0.3 is 20.1 Å². The van der Waals surface area contributed by atoms with Gasteiger partial charge in [-0.3, -0.25) is 9.67 Å². The standard InChI is InChI=1S/C18H27N5O2.HI/c1-15-13-22-23(14-15)11-4-9-20-18(19-2)21-10-12-25-17-7-5-16(24-3)6-8-17;/h5-8,13-14H,4,9-12H2,1-3H3,(H2,19,20,21);1H. The van der Waals surface area contributed by atoms with E-state index >= 15 is 0 Å². The lowest BCUT2D eigenvalue weighted by Crippen LogP contribution is -2.39. The van der Waals surface area contributed by atoms with Crippen molar-refractivity contribution in [2.75, 3.05) is 33.9 Å². The highest BCUT2D eigenvalue weighted by Gasteiger charge is 1.99. The van der Waals surface area contributed by atoms with Crippen molar-refractivity contribution in [2.45, 2.75) is 19.9 Å². The molecule has 0 fully saturated rings. The summed E-state index contributed by atoms with van der Waals surface area (Å²) in [6, 6.07) is 7.54. The number of aliphatic imine (C=N–C) groups is 1. The van der Waals surface area contributed by atoms with Gasteiger partial charge in [0.2, 0.25) is 0 Å². The van der Waals surface area contributed by atoms with Crippen LogP contribution < -0.4 is 20.1 Å². The third-order valence-corrected chi connectivity index (χ3v) is 3.57. The van der Waals surface area contributed by atoms with Crippen LogP contribution in [0, 0.1) is 6.92 Å². The summed E-state index contributed by atoms with van der Waals surface area (Å²) in [5.74, 6) is 2.41. The first-order valence-electron chi connectivity index (χ1n) is 8.41. The van der Waals surface area contributed by atoms with E-state index in [0.29, 0.717) is 13.2 Å². The van der Waals surface area contributed by atoms with Crippen molar-refractivity contribution in [3.63, 3.8) is 0 Å². The molecule has 2 rings (SSSR count). The van der Waals surface area contributed by atoms with Crippen LogP contribution in [-0.2, 0) is 6.54 Å². The Morgan fingerprint density at radius 3 is 2.46 bits per heavy atom. The Hall–Kier alpha value is -1.97. The molecule has 1 aromatic heterocycles. The summed E-state index contributed by atoms with van der Waals surface area (Å²) < 4.78 is 12.7. The van der Waals surface area contributed by atoms with Crippen molar-refractivity contribution in [3.05, 3.63) is 42.2 Å². The van der Waals surface area contributed by atoms with Crippen molar-refractivity contribution in [1.82, 2.24) is 20.4 Å². The van der Waals surface area contributed by atoms with Gasteiger partial charge in [0.1, 0.15) is 18.1 Å². The van der Waals surface area contributed by atoms with Gasteiger partial charge in [-0.15, -0.1) is 24.0 Å². The smallest absolute Gasteiger partial charge is 0.191 e. The second-order valence-corrected chi connectivity index (χ2v) is 5.58. The molecule has 0 amide bonds. The number of hydrogen-bond donors (Lipinski definition) is 2. The Labute approximate surface area is 172 Å². The highest BCUT2D eigenvalue weighted by atomic mass is 127. The van der Waals surface area contributed by atoms with Crippen molar-refractivity contribution in [2.24, 2.45) is 4.99 Å². The Morgan fingerprint density at radius 2 is 1.85 bits per heavy atom. The number of aryl methyl sites for hydroxylation is 2. The van der Waals surface area contributed by atoms with Crippen molar-refractivity contribution in [3.8, 4) is 11.5 Å². The Kier molecular flexibility index (Phi) is 10.5. The van der Waals surface area contributed by atoms with Gasteiger partial charge in [-0.1, -0.05) is 0 Å². The molecule has 0 aliphatic heterocycles. The van der Waals surface area contributed by atoms with Crippen LogP contribution in [0.15, 0.2) is 41.7 Å². The van der Waals surface area contributed by atoms with Gasteiger partial charge in [0.25, 0.3) is 0 Å². The SMILES string of the molecule is CN=C(NCCCn1cc(C)cn1)NCCOc1ccc(OC)cc1.I. The number of ether oxygens (including phenoxy) is 2. The van der Waals surface area contributed by atoms with Crippen molar-refractivity contribution < 1.29 is 9.47 Å². The number of benzene rings is 1. The minimum Gasteiger partial charge on any atom is -0.497 e. The highest BCUT2D eigenvalue weighted by Crippen LogP contribution is 2.16. The molecule has 1 aromatic carbocycles. The molecule has 1 heterocycles. The minimum atomic E-state index is 0. The van der Waals surface area contributed by atoms with Gasteiger partial charge in [-0.25, -0.2) is 0 Å². The fourth-order valence-electron chi connectivity index (χ4n) is 2.27. The average molecular weight is 473 g/mol. The second kappa shape index (κ2) is 12.4. The lowest BCUT2D eigenvalue weighted by molar-refractivity contribution is 0.321. The zero-order valence-corrected chi connectivity index (χ0v) is 17.9. The maximum Gasteiger partial charge on any atom is 0.191 e.